The second-order valence-electron chi connectivity index (χ2n) is 7.67. The molecule has 1 N–H and O–H groups in total. The zero-order chi connectivity index (χ0) is 23.8. The molecule has 0 aliphatic rings. The third kappa shape index (κ3) is 6.27. The second kappa shape index (κ2) is 11.2. The van der Waals surface area contributed by atoms with E-state index in [-0.39, 0.29) is 28.8 Å². The highest BCUT2D eigenvalue weighted by Crippen LogP contribution is 2.30. The van der Waals surface area contributed by atoms with Gasteiger partial charge >= 0.3 is 0 Å². The number of nitrogens with one attached hydrogen (secondary N) is 1. The van der Waals surface area contributed by atoms with Crippen LogP contribution in [0.2, 0.25) is 5.02 Å². The summed E-state index contributed by atoms with van der Waals surface area (Å²) in [6.45, 7) is 4.24. The first-order valence-electron chi connectivity index (χ1n) is 10.6. The van der Waals surface area contributed by atoms with Crippen LogP contribution in [-0.2, 0) is 14.8 Å². The SMILES string of the molecule is CC(C)c1ccccc1OCCNC(=O)CN(c1ccccc1Cl)S(=O)(=O)c1ccccc1. The minimum Gasteiger partial charge on any atom is -0.491 e. The minimum absolute atomic E-state index is 0.0753. The van der Waals surface area contributed by atoms with Crippen molar-refractivity contribution in [2.45, 2.75) is 24.7 Å². The Morgan fingerprint density at radius 3 is 2.30 bits per heavy atom. The molecule has 0 radical (unpaired) electrons. The van der Waals surface area contributed by atoms with Crippen molar-refractivity contribution in [3.63, 3.8) is 0 Å². The number of hydrogen-bond acceptors (Lipinski definition) is 4. The maximum Gasteiger partial charge on any atom is 0.264 e. The molecule has 0 heterocycles. The molecule has 8 heteroatoms. The summed E-state index contributed by atoms with van der Waals surface area (Å²) in [6.07, 6.45) is 0. The third-order valence-electron chi connectivity index (χ3n) is 4.96. The van der Waals surface area contributed by atoms with Crippen molar-refractivity contribution >= 4 is 33.2 Å². The Morgan fingerprint density at radius 2 is 1.61 bits per heavy atom. The van der Waals surface area contributed by atoms with Gasteiger partial charge in [0.25, 0.3) is 10.0 Å². The number of ether oxygens (including phenoxy) is 1. The molecule has 0 aromatic heterocycles. The van der Waals surface area contributed by atoms with Crippen molar-refractivity contribution in [3.8, 4) is 5.75 Å². The van der Waals surface area contributed by atoms with Crippen molar-refractivity contribution in [2.75, 3.05) is 24.0 Å². The first-order valence-corrected chi connectivity index (χ1v) is 12.4. The van der Waals surface area contributed by atoms with Gasteiger partial charge in [0.2, 0.25) is 5.91 Å². The average molecular weight is 487 g/mol. The fraction of sp³-hybridized carbons (Fsp3) is 0.240. The number of para-hydroxylation sites is 2. The standard InChI is InChI=1S/C25H27ClN2O4S/c1-19(2)21-12-6-9-15-24(21)32-17-16-27-25(29)18-28(23-14-8-7-13-22(23)26)33(30,31)20-10-4-3-5-11-20/h3-15,19H,16-18H2,1-2H3,(H,27,29). The van der Waals surface area contributed by atoms with E-state index < -0.39 is 22.5 Å². The van der Waals surface area contributed by atoms with Gasteiger partial charge in [0.1, 0.15) is 18.9 Å². The van der Waals surface area contributed by atoms with E-state index in [9.17, 15) is 13.2 Å². The summed E-state index contributed by atoms with van der Waals surface area (Å²) in [4.78, 5) is 12.8. The van der Waals surface area contributed by atoms with Crippen molar-refractivity contribution in [2.24, 2.45) is 0 Å². The van der Waals surface area contributed by atoms with Crippen LogP contribution in [0, 0.1) is 0 Å². The Labute approximate surface area is 200 Å². The number of amides is 1. The molecule has 6 nitrogen and oxygen atoms in total. The number of halogens is 1. The summed E-state index contributed by atoms with van der Waals surface area (Å²) in [5.74, 6) is 0.615. The molecular formula is C25H27ClN2O4S. The van der Waals surface area contributed by atoms with E-state index >= 15 is 0 Å². The maximum absolute atomic E-state index is 13.3. The van der Waals surface area contributed by atoms with Crippen molar-refractivity contribution in [3.05, 3.63) is 89.4 Å². The van der Waals surface area contributed by atoms with Gasteiger partial charge in [0.05, 0.1) is 22.2 Å². The molecule has 174 valence electrons. The molecule has 0 aliphatic carbocycles. The first-order chi connectivity index (χ1) is 15.8. The number of carbonyl (C=O) groups excluding carboxylic acids is 1. The maximum atomic E-state index is 13.3. The van der Waals surface area contributed by atoms with Gasteiger partial charge in [-0.15, -0.1) is 0 Å². The fourth-order valence-electron chi connectivity index (χ4n) is 3.30. The first kappa shape index (κ1) is 24.6. The molecule has 0 atom stereocenters. The number of sulfonamides is 1. The number of benzene rings is 3. The van der Waals surface area contributed by atoms with Crippen LogP contribution in [0.4, 0.5) is 5.69 Å². The minimum atomic E-state index is -4.00. The summed E-state index contributed by atoms with van der Waals surface area (Å²) in [6, 6.07) is 22.2. The van der Waals surface area contributed by atoms with Gasteiger partial charge < -0.3 is 10.1 Å². The van der Waals surface area contributed by atoms with Crippen LogP contribution >= 0.6 is 11.6 Å². The normalized spacial score (nSPS) is 11.3. The molecule has 33 heavy (non-hydrogen) atoms. The highest BCUT2D eigenvalue weighted by atomic mass is 35.5. The topological polar surface area (TPSA) is 75.7 Å². The van der Waals surface area contributed by atoms with E-state index in [1.165, 1.54) is 12.1 Å². The summed E-state index contributed by atoms with van der Waals surface area (Å²) in [5.41, 5.74) is 1.32. The smallest absolute Gasteiger partial charge is 0.264 e. The molecule has 3 rings (SSSR count). The van der Waals surface area contributed by atoms with E-state index in [0.29, 0.717) is 5.92 Å². The van der Waals surface area contributed by atoms with Crippen LogP contribution in [0.3, 0.4) is 0 Å². The monoisotopic (exact) mass is 486 g/mol. The number of carbonyl (C=O) groups is 1. The largest absolute Gasteiger partial charge is 0.491 e. The molecule has 0 unspecified atom stereocenters. The van der Waals surface area contributed by atoms with Crippen molar-refractivity contribution < 1.29 is 17.9 Å². The predicted molar refractivity (Wildman–Crippen MR) is 131 cm³/mol. The van der Waals surface area contributed by atoms with Crippen molar-refractivity contribution in [1.82, 2.24) is 5.32 Å². The summed E-state index contributed by atoms with van der Waals surface area (Å²) in [7, 11) is -4.00. The van der Waals surface area contributed by atoms with E-state index in [1.807, 2.05) is 24.3 Å². The van der Waals surface area contributed by atoms with Crippen LogP contribution in [0.15, 0.2) is 83.8 Å². The second-order valence-corrected chi connectivity index (χ2v) is 9.94. The molecule has 0 aliphatic heterocycles. The fourth-order valence-corrected chi connectivity index (χ4v) is 5.05. The lowest BCUT2D eigenvalue weighted by atomic mass is 10.0. The van der Waals surface area contributed by atoms with Crippen LogP contribution in [-0.4, -0.2) is 34.0 Å². The number of anilines is 1. The van der Waals surface area contributed by atoms with Gasteiger partial charge in [0.15, 0.2) is 0 Å². The summed E-state index contributed by atoms with van der Waals surface area (Å²) in [5, 5.41) is 2.97. The van der Waals surface area contributed by atoms with Gasteiger partial charge in [-0.3, -0.25) is 9.10 Å². The molecule has 0 fully saturated rings. The van der Waals surface area contributed by atoms with Crippen LogP contribution in [0.25, 0.3) is 0 Å². The van der Waals surface area contributed by atoms with Crippen molar-refractivity contribution in [1.29, 1.82) is 0 Å². The predicted octanol–water partition coefficient (Wildman–Crippen LogP) is 4.85. The third-order valence-corrected chi connectivity index (χ3v) is 7.06. The Balaban J connectivity index is 1.69. The van der Waals surface area contributed by atoms with E-state index in [0.717, 1.165) is 15.6 Å². The molecule has 0 spiro atoms. The highest BCUT2D eigenvalue weighted by molar-refractivity contribution is 7.92. The molecule has 0 bridgehead atoms. The lowest BCUT2D eigenvalue weighted by Gasteiger charge is -2.25. The lowest BCUT2D eigenvalue weighted by Crippen LogP contribution is -2.42. The van der Waals surface area contributed by atoms with Crippen LogP contribution < -0.4 is 14.4 Å². The Morgan fingerprint density at radius 1 is 0.970 bits per heavy atom. The van der Waals surface area contributed by atoms with E-state index in [4.69, 9.17) is 16.3 Å². The van der Waals surface area contributed by atoms with E-state index in [1.54, 1.807) is 42.5 Å². The van der Waals surface area contributed by atoms with Gasteiger partial charge in [-0.2, -0.15) is 0 Å². The molecule has 0 saturated heterocycles. The highest BCUT2D eigenvalue weighted by Gasteiger charge is 2.28. The molecule has 3 aromatic carbocycles. The van der Waals surface area contributed by atoms with E-state index in [2.05, 4.69) is 19.2 Å². The molecule has 3 aromatic rings. The molecule has 0 saturated carbocycles. The van der Waals surface area contributed by atoms with Crippen LogP contribution in [0.1, 0.15) is 25.3 Å². The van der Waals surface area contributed by atoms with Gasteiger partial charge in [-0.25, -0.2) is 8.42 Å². The molecular weight excluding hydrogens is 460 g/mol. The number of nitrogens with zero attached hydrogens (tertiary/aromatic N) is 1. The Hall–Kier alpha value is -3.03. The van der Waals surface area contributed by atoms with Gasteiger partial charge in [-0.1, -0.05) is 74.0 Å². The lowest BCUT2D eigenvalue weighted by molar-refractivity contribution is -0.119. The molecule has 1 amide bonds. The number of hydrogen-bond donors (Lipinski definition) is 1. The van der Waals surface area contributed by atoms with Crippen LogP contribution in [0.5, 0.6) is 5.75 Å². The quantitative estimate of drug-likeness (QED) is 0.415. The Bertz CT molecular complexity index is 1180. The zero-order valence-corrected chi connectivity index (χ0v) is 20.1. The Kier molecular flexibility index (Phi) is 8.36. The zero-order valence-electron chi connectivity index (χ0n) is 18.6. The van der Waals surface area contributed by atoms with Gasteiger partial charge in [0, 0.05) is 0 Å². The summed E-state index contributed by atoms with van der Waals surface area (Å²) < 4.78 is 33.4. The summed E-state index contributed by atoms with van der Waals surface area (Å²) >= 11 is 6.27. The van der Waals surface area contributed by atoms with Gasteiger partial charge in [-0.05, 0) is 41.8 Å². The average Bonchev–Trinajstić information content (AvgIpc) is 2.81. The number of rotatable bonds is 10.